The number of nitro benzene ring substituents is 1. The highest BCUT2D eigenvalue weighted by molar-refractivity contribution is 5.41. The number of rotatable bonds is 6. The predicted octanol–water partition coefficient (Wildman–Crippen LogP) is 1.74. The van der Waals surface area contributed by atoms with Crippen molar-refractivity contribution in [1.82, 2.24) is 4.90 Å². The maximum absolute atomic E-state index is 10.8. The number of hydrogen-bond donors (Lipinski definition) is 1. The summed E-state index contributed by atoms with van der Waals surface area (Å²) in [5.41, 5.74) is 2.26. The highest BCUT2D eigenvalue weighted by Crippen LogP contribution is 2.23. The van der Waals surface area contributed by atoms with Crippen LogP contribution in [0.25, 0.3) is 0 Å². The maximum atomic E-state index is 10.8. The molecule has 0 fully saturated rings. The highest BCUT2D eigenvalue weighted by atomic mass is 16.6. The zero-order valence-electron chi connectivity index (χ0n) is 12.5. The number of fused-ring (bicyclic) bond motifs is 1. The van der Waals surface area contributed by atoms with Crippen molar-refractivity contribution >= 4 is 5.69 Å². The summed E-state index contributed by atoms with van der Waals surface area (Å²) in [6.07, 6.45) is 0.419. The SMILES string of the molecule is CC(C)OCC(O)CN1CCc2ccc([N+](=O)[O-])cc2C1. The number of hydrogen-bond acceptors (Lipinski definition) is 5. The van der Waals surface area contributed by atoms with Gasteiger partial charge in [0.2, 0.25) is 0 Å². The summed E-state index contributed by atoms with van der Waals surface area (Å²) in [7, 11) is 0. The Morgan fingerprint density at radius 2 is 2.19 bits per heavy atom. The number of β-amino-alcohol motifs (C(OH)–C–C–N with tert-alkyl or cyclic N) is 1. The number of nitro groups is 1. The van der Waals surface area contributed by atoms with Gasteiger partial charge in [-0.3, -0.25) is 15.0 Å². The Balaban J connectivity index is 1.95. The molecule has 0 bridgehead atoms. The Labute approximate surface area is 124 Å². The van der Waals surface area contributed by atoms with E-state index in [1.165, 1.54) is 0 Å². The third-order valence-corrected chi connectivity index (χ3v) is 3.58. The number of aliphatic hydroxyl groups is 1. The van der Waals surface area contributed by atoms with Gasteiger partial charge >= 0.3 is 0 Å². The van der Waals surface area contributed by atoms with Gasteiger partial charge in [0.25, 0.3) is 5.69 Å². The smallest absolute Gasteiger partial charge is 0.269 e. The van der Waals surface area contributed by atoms with Gasteiger partial charge in [-0.1, -0.05) is 6.07 Å². The first-order chi connectivity index (χ1) is 9.95. The van der Waals surface area contributed by atoms with E-state index < -0.39 is 6.10 Å². The van der Waals surface area contributed by atoms with Crippen LogP contribution in [0.15, 0.2) is 18.2 Å². The van der Waals surface area contributed by atoms with Gasteiger partial charge in [-0.2, -0.15) is 0 Å². The molecule has 1 aromatic rings. The molecule has 0 radical (unpaired) electrons. The van der Waals surface area contributed by atoms with Crippen LogP contribution in [0, 0.1) is 10.1 Å². The molecule has 0 amide bonds. The molecule has 116 valence electrons. The van der Waals surface area contributed by atoms with Crippen molar-refractivity contribution in [1.29, 1.82) is 0 Å². The fourth-order valence-electron chi connectivity index (χ4n) is 2.53. The summed E-state index contributed by atoms with van der Waals surface area (Å²) in [6, 6.07) is 5.03. The fourth-order valence-corrected chi connectivity index (χ4v) is 2.53. The molecular formula is C15H22N2O4. The maximum Gasteiger partial charge on any atom is 0.269 e. The largest absolute Gasteiger partial charge is 0.389 e. The second-order valence-corrected chi connectivity index (χ2v) is 5.73. The van der Waals surface area contributed by atoms with E-state index in [0.29, 0.717) is 19.7 Å². The predicted molar refractivity (Wildman–Crippen MR) is 79.2 cm³/mol. The zero-order valence-corrected chi connectivity index (χ0v) is 12.5. The second kappa shape index (κ2) is 6.98. The fraction of sp³-hybridized carbons (Fsp3) is 0.600. The molecule has 1 aliphatic heterocycles. The number of non-ortho nitro benzene ring substituents is 1. The first-order valence-corrected chi connectivity index (χ1v) is 7.24. The van der Waals surface area contributed by atoms with E-state index in [4.69, 9.17) is 4.74 Å². The van der Waals surface area contributed by atoms with Gasteiger partial charge in [0, 0.05) is 31.8 Å². The molecule has 1 atom stereocenters. The molecular weight excluding hydrogens is 272 g/mol. The minimum absolute atomic E-state index is 0.101. The second-order valence-electron chi connectivity index (χ2n) is 5.73. The zero-order chi connectivity index (χ0) is 15.4. The minimum atomic E-state index is -0.535. The Kier molecular flexibility index (Phi) is 5.27. The Morgan fingerprint density at radius 3 is 2.86 bits per heavy atom. The van der Waals surface area contributed by atoms with Gasteiger partial charge in [0.1, 0.15) is 0 Å². The average molecular weight is 294 g/mol. The van der Waals surface area contributed by atoms with Crippen molar-refractivity contribution < 1.29 is 14.8 Å². The third-order valence-electron chi connectivity index (χ3n) is 3.58. The van der Waals surface area contributed by atoms with Gasteiger partial charge < -0.3 is 9.84 Å². The van der Waals surface area contributed by atoms with Crippen LogP contribution in [-0.2, 0) is 17.7 Å². The van der Waals surface area contributed by atoms with E-state index in [2.05, 4.69) is 4.90 Å². The molecule has 6 nitrogen and oxygen atoms in total. The van der Waals surface area contributed by atoms with Crippen LogP contribution in [0.3, 0.4) is 0 Å². The van der Waals surface area contributed by atoms with Crippen LogP contribution in [-0.4, -0.2) is 46.8 Å². The molecule has 1 heterocycles. The van der Waals surface area contributed by atoms with Gasteiger partial charge in [-0.25, -0.2) is 0 Å². The lowest BCUT2D eigenvalue weighted by Crippen LogP contribution is -2.38. The van der Waals surface area contributed by atoms with Crippen LogP contribution in [0.2, 0.25) is 0 Å². The highest BCUT2D eigenvalue weighted by Gasteiger charge is 2.21. The van der Waals surface area contributed by atoms with Gasteiger partial charge in [0.15, 0.2) is 0 Å². The number of benzene rings is 1. The van der Waals surface area contributed by atoms with E-state index >= 15 is 0 Å². The molecule has 1 unspecified atom stereocenters. The Bertz CT molecular complexity index is 504. The summed E-state index contributed by atoms with van der Waals surface area (Å²) >= 11 is 0. The number of aliphatic hydroxyl groups excluding tert-OH is 1. The number of nitrogens with zero attached hydrogens (tertiary/aromatic N) is 2. The van der Waals surface area contributed by atoms with Crippen LogP contribution < -0.4 is 0 Å². The summed E-state index contributed by atoms with van der Waals surface area (Å²) in [5.74, 6) is 0. The molecule has 2 rings (SSSR count). The molecule has 0 aliphatic carbocycles. The average Bonchev–Trinajstić information content (AvgIpc) is 2.44. The van der Waals surface area contributed by atoms with Crippen molar-refractivity contribution in [3.8, 4) is 0 Å². The van der Waals surface area contributed by atoms with Crippen molar-refractivity contribution in [3.05, 3.63) is 39.4 Å². The first-order valence-electron chi connectivity index (χ1n) is 7.24. The van der Waals surface area contributed by atoms with E-state index in [0.717, 1.165) is 24.1 Å². The standard InChI is InChI=1S/C15H22N2O4/c1-11(2)21-10-15(18)9-16-6-5-12-3-4-14(17(19)20)7-13(12)8-16/h3-4,7,11,15,18H,5-6,8-10H2,1-2H3. The van der Waals surface area contributed by atoms with Crippen LogP contribution in [0.4, 0.5) is 5.69 Å². The lowest BCUT2D eigenvalue weighted by molar-refractivity contribution is -0.385. The topological polar surface area (TPSA) is 75.8 Å². The van der Waals surface area contributed by atoms with Crippen LogP contribution >= 0.6 is 0 Å². The monoisotopic (exact) mass is 294 g/mol. The molecule has 6 heteroatoms. The summed E-state index contributed by atoms with van der Waals surface area (Å²) in [4.78, 5) is 12.6. The lowest BCUT2D eigenvalue weighted by atomic mass is 9.99. The molecule has 0 saturated heterocycles. The lowest BCUT2D eigenvalue weighted by Gasteiger charge is -2.30. The molecule has 1 aromatic carbocycles. The van der Waals surface area contributed by atoms with Crippen LogP contribution in [0.1, 0.15) is 25.0 Å². The summed E-state index contributed by atoms with van der Waals surface area (Å²) < 4.78 is 5.40. The van der Waals surface area contributed by atoms with E-state index in [-0.39, 0.29) is 16.7 Å². The van der Waals surface area contributed by atoms with E-state index in [1.807, 2.05) is 19.9 Å². The molecule has 0 spiro atoms. The van der Waals surface area contributed by atoms with Crippen molar-refractivity contribution in [2.75, 3.05) is 19.7 Å². The van der Waals surface area contributed by atoms with Gasteiger partial charge in [-0.15, -0.1) is 0 Å². The van der Waals surface area contributed by atoms with E-state index in [9.17, 15) is 15.2 Å². The van der Waals surface area contributed by atoms with Gasteiger partial charge in [0.05, 0.1) is 23.7 Å². The molecule has 21 heavy (non-hydrogen) atoms. The number of ether oxygens (including phenoxy) is 1. The first kappa shape index (κ1) is 15.9. The molecule has 0 aromatic heterocycles. The summed E-state index contributed by atoms with van der Waals surface area (Å²) in [6.45, 7) is 6.19. The van der Waals surface area contributed by atoms with Crippen molar-refractivity contribution in [3.63, 3.8) is 0 Å². The van der Waals surface area contributed by atoms with Crippen molar-refractivity contribution in [2.45, 2.75) is 39.0 Å². The Morgan fingerprint density at radius 1 is 1.43 bits per heavy atom. The van der Waals surface area contributed by atoms with Crippen molar-refractivity contribution in [2.24, 2.45) is 0 Å². The summed E-state index contributed by atoms with van der Waals surface area (Å²) in [5, 5.41) is 20.8. The quantitative estimate of drug-likeness (QED) is 0.639. The Hall–Kier alpha value is -1.50. The molecule has 1 aliphatic rings. The molecule has 0 saturated carbocycles. The van der Waals surface area contributed by atoms with Crippen LogP contribution in [0.5, 0.6) is 0 Å². The van der Waals surface area contributed by atoms with Gasteiger partial charge in [-0.05, 0) is 31.4 Å². The molecule has 1 N–H and O–H groups in total. The minimum Gasteiger partial charge on any atom is -0.389 e. The van der Waals surface area contributed by atoms with E-state index in [1.54, 1.807) is 12.1 Å². The third kappa shape index (κ3) is 4.49. The normalized spacial score (nSPS) is 16.8.